The van der Waals surface area contributed by atoms with Crippen molar-refractivity contribution in [2.75, 3.05) is 19.6 Å². The molecule has 1 saturated heterocycles. The summed E-state index contributed by atoms with van der Waals surface area (Å²) in [6.45, 7) is 12.6. The average Bonchev–Trinajstić information content (AvgIpc) is 2.42. The monoisotopic (exact) mass is 312 g/mol. The smallest absolute Gasteiger partial charge is 0.326 e. The summed E-state index contributed by atoms with van der Waals surface area (Å²) in [5.41, 5.74) is -0.585. The van der Waals surface area contributed by atoms with E-state index in [4.69, 9.17) is 0 Å². The number of likely N-dealkylation sites (tertiary alicyclic amines) is 1. The summed E-state index contributed by atoms with van der Waals surface area (Å²) in [6.07, 6.45) is 3.14. The van der Waals surface area contributed by atoms with Crippen LogP contribution in [0.1, 0.15) is 53.9 Å². The number of piperidine rings is 1. The van der Waals surface area contributed by atoms with Crippen molar-refractivity contribution in [1.29, 1.82) is 0 Å². The second kappa shape index (κ2) is 7.95. The predicted molar refractivity (Wildman–Crippen MR) is 87.6 cm³/mol. The summed E-state index contributed by atoms with van der Waals surface area (Å²) in [7, 11) is 0. The van der Waals surface area contributed by atoms with Crippen LogP contribution in [0.2, 0.25) is 0 Å². The molecule has 1 heterocycles. The molecule has 3 atom stereocenters. The molecule has 3 unspecified atom stereocenters. The Morgan fingerprint density at radius 1 is 1.41 bits per heavy atom. The lowest BCUT2D eigenvalue weighted by molar-refractivity contribution is -0.145. The van der Waals surface area contributed by atoms with Gasteiger partial charge in [-0.05, 0) is 45.1 Å². The van der Waals surface area contributed by atoms with E-state index >= 15 is 0 Å². The fraction of sp³-hybridized carbons (Fsp3) is 0.882. The SMILES string of the molecule is CCC(C)C(NC(=O)C(C)(C)CN1CCCC(C)C1)C(=O)O. The molecule has 128 valence electrons. The van der Waals surface area contributed by atoms with Crippen LogP contribution in [0.3, 0.4) is 0 Å². The number of amides is 1. The van der Waals surface area contributed by atoms with E-state index in [1.54, 1.807) is 0 Å². The maximum Gasteiger partial charge on any atom is 0.326 e. The number of carboxylic acid groups (broad SMARTS) is 1. The molecule has 5 nitrogen and oxygen atoms in total. The fourth-order valence-electron chi connectivity index (χ4n) is 3.08. The van der Waals surface area contributed by atoms with E-state index in [0.29, 0.717) is 12.5 Å². The average molecular weight is 312 g/mol. The summed E-state index contributed by atoms with van der Waals surface area (Å²) < 4.78 is 0. The Hall–Kier alpha value is -1.10. The lowest BCUT2D eigenvalue weighted by Crippen LogP contribution is -2.53. The molecule has 0 aromatic heterocycles. The van der Waals surface area contributed by atoms with Gasteiger partial charge in [0.05, 0.1) is 5.41 Å². The number of hydrogen-bond donors (Lipinski definition) is 2. The first kappa shape index (κ1) is 18.9. The van der Waals surface area contributed by atoms with Crippen LogP contribution in [0.25, 0.3) is 0 Å². The van der Waals surface area contributed by atoms with Crippen molar-refractivity contribution < 1.29 is 14.7 Å². The molecule has 0 aromatic carbocycles. The second-order valence-electron chi connectivity index (χ2n) is 7.54. The van der Waals surface area contributed by atoms with E-state index in [-0.39, 0.29) is 11.8 Å². The van der Waals surface area contributed by atoms with Gasteiger partial charge in [0.2, 0.25) is 5.91 Å². The highest BCUT2D eigenvalue weighted by atomic mass is 16.4. The molecule has 0 aliphatic carbocycles. The molecular formula is C17H32N2O3. The molecule has 0 aromatic rings. The number of nitrogens with zero attached hydrogens (tertiary/aromatic N) is 1. The number of rotatable bonds is 7. The topological polar surface area (TPSA) is 69.6 Å². The van der Waals surface area contributed by atoms with E-state index in [2.05, 4.69) is 17.1 Å². The largest absolute Gasteiger partial charge is 0.480 e. The van der Waals surface area contributed by atoms with Gasteiger partial charge in [0.25, 0.3) is 0 Å². The van der Waals surface area contributed by atoms with Gasteiger partial charge in [-0.3, -0.25) is 4.79 Å². The minimum absolute atomic E-state index is 0.0766. The lowest BCUT2D eigenvalue weighted by Gasteiger charge is -2.37. The van der Waals surface area contributed by atoms with E-state index in [9.17, 15) is 14.7 Å². The first-order valence-electron chi connectivity index (χ1n) is 8.43. The number of hydrogen-bond acceptors (Lipinski definition) is 3. The number of carbonyl (C=O) groups is 2. The van der Waals surface area contributed by atoms with Gasteiger partial charge < -0.3 is 15.3 Å². The van der Waals surface area contributed by atoms with E-state index in [1.807, 2.05) is 27.7 Å². The number of aliphatic carboxylic acids is 1. The first-order valence-corrected chi connectivity index (χ1v) is 8.43. The number of carboxylic acids is 1. The van der Waals surface area contributed by atoms with Crippen molar-refractivity contribution in [2.45, 2.75) is 59.9 Å². The van der Waals surface area contributed by atoms with Crippen LogP contribution in [0.4, 0.5) is 0 Å². The first-order chi connectivity index (χ1) is 10.2. The van der Waals surface area contributed by atoms with Gasteiger partial charge in [-0.2, -0.15) is 0 Å². The molecule has 2 N–H and O–H groups in total. The standard InChI is InChI=1S/C17H32N2O3/c1-6-13(3)14(15(20)21)18-16(22)17(4,5)11-19-9-7-8-12(2)10-19/h12-14H,6-11H2,1-5H3,(H,18,22)(H,20,21). The van der Waals surface area contributed by atoms with Crippen LogP contribution < -0.4 is 5.32 Å². The fourth-order valence-corrected chi connectivity index (χ4v) is 3.08. The minimum Gasteiger partial charge on any atom is -0.480 e. The zero-order valence-electron chi connectivity index (χ0n) is 14.7. The molecule has 0 spiro atoms. The molecule has 22 heavy (non-hydrogen) atoms. The van der Waals surface area contributed by atoms with Crippen molar-refractivity contribution in [1.82, 2.24) is 10.2 Å². The van der Waals surface area contributed by atoms with Crippen molar-refractivity contribution in [3.8, 4) is 0 Å². The molecule has 1 aliphatic rings. The summed E-state index contributed by atoms with van der Waals surface area (Å²) in [6, 6.07) is -0.808. The van der Waals surface area contributed by atoms with Gasteiger partial charge in [0.1, 0.15) is 6.04 Å². The minimum atomic E-state index is -0.954. The third-order valence-electron chi connectivity index (χ3n) is 4.74. The van der Waals surface area contributed by atoms with Crippen LogP contribution in [0, 0.1) is 17.3 Å². The molecule has 5 heteroatoms. The normalized spacial score (nSPS) is 22.9. The van der Waals surface area contributed by atoms with Gasteiger partial charge in [0.15, 0.2) is 0 Å². The summed E-state index contributed by atoms with van der Waals surface area (Å²) in [5, 5.41) is 12.1. The third-order valence-corrected chi connectivity index (χ3v) is 4.74. The van der Waals surface area contributed by atoms with Crippen molar-refractivity contribution >= 4 is 11.9 Å². The van der Waals surface area contributed by atoms with Gasteiger partial charge in [-0.1, -0.05) is 27.2 Å². The van der Waals surface area contributed by atoms with Gasteiger partial charge in [-0.25, -0.2) is 4.79 Å². The zero-order chi connectivity index (χ0) is 16.9. The highest BCUT2D eigenvalue weighted by Gasteiger charge is 2.35. The highest BCUT2D eigenvalue weighted by molar-refractivity contribution is 5.87. The molecule has 1 rings (SSSR count). The van der Waals surface area contributed by atoms with Crippen LogP contribution in [0.15, 0.2) is 0 Å². The van der Waals surface area contributed by atoms with Crippen molar-refractivity contribution in [2.24, 2.45) is 17.3 Å². The molecule has 0 radical (unpaired) electrons. The lowest BCUT2D eigenvalue weighted by atomic mass is 9.88. The van der Waals surface area contributed by atoms with E-state index in [0.717, 1.165) is 19.5 Å². The molecule has 1 fully saturated rings. The Balaban J connectivity index is 2.66. The molecular weight excluding hydrogens is 280 g/mol. The Labute approximate surface area is 134 Å². The Morgan fingerprint density at radius 3 is 2.55 bits per heavy atom. The van der Waals surface area contributed by atoms with Gasteiger partial charge in [0, 0.05) is 13.1 Å². The van der Waals surface area contributed by atoms with Crippen LogP contribution in [-0.2, 0) is 9.59 Å². The van der Waals surface area contributed by atoms with Crippen molar-refractivity contribution in [3.63, 3.8) is 0 Å². The predicted octanol–water partition coefficient (Wildman–Crippen LogP) is 2.36. The van der Waals surface area contributed by atoms with E-state index in [1.165, 1.54) is 12.8 Å². The Kier molecular flexibility index (Phi) is 6.85. The molecule has 1 amide bonds. The molecule has 1 aliphatic heterocycles. The maximum atomic E-state index is 12.6. The molecule has 0 saturated carbocycles. The van der Waals surface area contributed by atoms with Gasteiger partial charge >= 0.3 is 5.97 Å². The molecule has 0 bridgehead atoms. The zero-order valence-corrected chi connectivity index (χ0v) is 14.7. The third kappa shape index (κ3) is 5.27. The van der Waals surface area contributed by atoms with Crippen LogP contribution in [-0.4, -0.2) is 47.6 Å². The summed E-state index contributed by atoms with van der Waals surface area (Å²) >= 11 is 0. The van der Waals surface area contributed by atoms with Crippen LogP contribution in [0.5, 0.6) is 0 Å². The quantitative estimate of drug-likeness (QED) is 0.757. The Morgan fingerprint density at radius 2 is 2.05 bits per heavy atom. The second-order valence-corrected chi connectivity index (χ2v) is 7.54. The number of carbonyl (C=O) groups excluding carboxylic acids is 1. The van der Waals surface area contributed by atoms with Crippen molar-refractivity contribution in [3.05, 3.63) is 0 Å². The van der Waals surface area contributed by atoms with Crippen LogP contribution >= 0.6 is 0 Å². The maximum absolute atomic E-state index is 12.6. The van der Waals surface area contributed by atoms with E-state index < -0.39 is 17.4 Å². The number of nitrogens with one attached hydrogen (secondary N) is 1. The summed E-state index contributed by atoms with van der Waals surface area (Å²) in [4.78, 5) is 26.3. The Bertz CT molecular complexity index is 395. The van der Waals surface area contributed by atoms with Gasteiger partial charge in [-0.15, -0.1) is 0 Å². The highest BCUT2D eigenvalue weighted by Crippen LogP contribution is 2.23. The summed E-state index contributed by atoms with van der Waals surface area (Å²) in [5.74, 6) is -0.532.